The van der Waals surface area contributed by atoms with E-state index in [0.717, 1.165) is 36.4 Å². The Kier molecular flexibility index (Phi) is 5.70. The number of thiophene rings is 1. The van der Waals surface area contributed by atoms with Crippen molar-refractivity contribution in [3.05, 3.63) is 17.0 Å². The van der Waals surface area contributed by atoms with Crippen LogP contribution in [-0.2, 0) is 21.2 Å². The largest absolute Gasteiger partial charge is 0.481 e. The Bertz CT molecular complexity index is 596. The second-order valence-electron chi connectivity index (χ2n) is 4.94. The molecule has 5 nitrogen and oxygen atoms in total. The molecule has 0 spiro atoms. The summed E-state index contributed by atoms with van der Waals surface area (Å²) < 4.78 is 27.7. The van der Waals surface area contributed by atoms with Crippen LogP contribution >= 0.6 is 23.1 Å². The second kappa shape index (κ2) is 7.13. The fourth-order valence-electron chi connectivity index (χ4n) is 2.48. The number of aliphatic carboxylic acids is 1. The second-order valence-corrected chi connectivity index (χ2v) is 9.57. The van der Waals surface area contributed by atoms with E-state index in [0.29, 0.717) is 10.1 Å². The van der Waals surface area contributed by atoms with Crippen molar-refractivity contribution >= 4 is 39.1 Å². The van der Waals surface area contributed by atoms with Gasteiger partial charge in [-0.1, -0.05) is 13.3 Å². The first-order chi connectivity index (χ1) is 9.92. The third kappa shape index (κ3) is 4.45. The minimum Gasteiger partial charge on any atom is -0.481 e. The number of sulfonamides is 1. The molecule has 2 atom stereocenters. The number of carboxylic acid groups (broad SMARTS) is 1. The van der Waals surface area contributed by atoms with Crippen LogP contribution in [0.25, 0.3) is 0 Å². The summed E-state index contributed by atoms with van der Waals surface area (Å²) in [5.74, 6) is 0.0222. The maximum atomic E-state index is 12.4. The predicted octanol–water partition coefficient (Wildman–Crippen LogP) is 2.33. The first kappa shape index (κ1) is 16.8. The third-order valence-corrected chi connectivity index (χ3v) is 7.76. The van der Waals surface area contributed by atoms with Crippen LogP contribution in [-0.4, -0.2) is 36.5 Å². The molecule has 1 heterocycles. The van der Waals surface area contributed by atoms with E-state index in [1.54, 1.807) is 17.8 Å². The van der Waals surface area contributed by atoms with Gasteiger partial charge in [0.05, 0.1) is 6.42 Å². The summed E-state index contributed by atoms with van der Waals surface area (Å²) in [6, 6.07) is 3.03. The molecule has 1 aliphatic rings. The summed E-state index contributed by atoms with van der Waals surface area (Å²) in [6.07, 6.45) is 2.81. The number of nitrogens with one attached hydrogen (secondary N) is 1. The van der Waals surface area contributed by atoms with E-state index in [-0.39, 0.29) is 16.7 Å². The molecule has 118 valence electrons. The molecule has 1 saturated carbocycles. The molecular weight excluding hydrogens is 330 g/mol. The number of carbonyl (C=O) groups is 1. The van der Waals surface area contributed by atoms with Crippen LogP contribution in [0.1, 0.15) is 31.1 Å². The van der Waals surface area contributed by atoms with Gasteiger partial charge in [0.2, 0.25) is 10.0 Å². The molecule has 0 saturated heterocycles. The molecule has 0 amide bonds. The predicted molar refractivity (Wildman–Crippen MR) is 85.5 cm³/mol. The Labute approximate surface area is 133 Å². The smallest absolute Gasteiger partial charge is 0.308 e. The van der Waals surface area contributed by atoms with E-state index in [4.69, 9.17) is 5.11 Å². The molecule has 1 aromatic rings. The lowest BCUT2D eigenvalue weighted by Crippen LogP contribution is -2.38. The van der Waals surface area contributed by atoms with Gasteiger partial charge in [0.25, 0.3) is 0 Å². The number of hydrogen-bond donors (Lipinski definition) is 2. The van der Waals surface area contributed by atoms with Crippen molar-refractivity contribution in [3.63, 3.8) is 0 Å². The average molecular weight is 349 g/mol. The van der Waals surface area contributed by atoms with Crippen LogP contribution in [0.3, 0.4) is 0 Å². The van der Waals surface area contributed by atoms with Gasteiger partial charge in [0.1, 0.15) is 4.21 Å². The minimum atomic E-state index is -3.55. The lowest BCUT2D eigenvalue weighted by atomic mass is 10.3. The Morgan fingerprint density at radius 1 is 1.48 bits per heavy atom. The number of rotatable bonds is 7. The van der Waals surface area contributed by atoms with Crippen molar-refractivity contribution in [3.8, 4) is 0 Å². The van der Waals surface area contributed by atoms with Crippen LogP contribution in [0.15, 0.2) is 16.3 Å². The molecule has 0 radical (unpaired) electrons. The molecule has 0 aromatic carbocycles. The van der Waals surface area contributed by atoms with Crippen LogP contribution in [0, 0.1) is 0 Å². The molecule has 1 aromatic heterocycles. The molecule has 2 rings (SSSR count). The van der Waals surface area contributed by atoms with Crippen molar-refractivity contribution < 1.29 is 18.3 Å². The zero-order valence-corrected chi connectivity index (χ0v) is 14.2. The molecule has 2 unspecified atom stereocenters. The van der Waals surface area contributed by atoms with E-state index in [2.05, 4.69) is 11.6 Å². The fourth-order valence-corrected chi connectivity index (χ4v) is 6.44. The highest BCUT2D eigenvalue weighted by Gasteiger charge is 2.31. The van der Waals surface area contributed by atoms with Crippen molar-refractivity contribution in [2.45, 2.75) is 48.1 Å². The standard InChI is InChI=1S/C13H19NO4S3/c1-2-19-11-5-3-4-10(11)14-21(17,18)13-7-6-9(20-13)8-12(15)16/h6-7,10-11,14H,2-5,8H2,1H3,(H,15,16). The van der Waals surface area contributed by atoms with E-state index in [9.17, 15) is 13.2 Å². The first-order valence-corrected chi connectivity index (χ1v) is 10.2. The molecule has 0 bridgehead atoms. The molecular formula is C13H19NO4S3. The van der Waals surface area contributed by atoms with Gasteiger partial charge in [-0.15, -0.1) is 11.3 Å². The quantitative estimate of drug-likeness (QED) is 0.789. The minimum absolute atomic E-state index is 0.0232. The van der Waals surface area contributed by atoms with Gasteiger partial charge in [-0.2, -0.15) is 11.8 Å². The highest BCUT2D eigenvalue weighted by atomic mass is 32.2. The summed E-state index contributed by atoms with van der Waals surface area (Å²) in [4.78, 5) is 11.2. The summed E-state index contributed by atoms with van der Waals surface area (Å²) in [7, 11) is -3.55. The van der Waals surface area contributed by atoms with Crippen molar-refractivity contribution in [2.75, 3.05) is 5.75 Å². The topological polar surface area (TPSA) is 83.5 Å². The van der Waals surface area contributed by atoms with E-state index < -0.39 is 16.0 Å². The van der Waals surface area contributed by atoms with Crippen LogP contribution in [0.5, 0.6) is 0 Å². The lowest BCUT2D eigenvalue weighted by molar-refractivity contribution is -0.136. The van der Waals surface area contributed by atoms with Gasteiger partial charge < -0.3 is 5.11 Å². The fraction of sp³-hybridized carbons (Fsp3) is 0.615. The summed E-state index contributed by atoms with van der Waals surface area (Å²) in [5, 5.41) is 9.08. The highest BCUT2D eigenvalue weighted by molar-refractivity contribution is 8.00. The molecule has 8 heteroatoms. The Morgan fingerprint density at radius 2 is 2.24 bits per heavy atom. The van der Waals surface area contributed by atoms with Crippen molar-refractivity contribution in [1.82, 2.24) is 4.72 Å². The number of thioether (sulfide) groups is 1. The SMILES string of the molecule is CCSC1CCCC1NS(=O)(=O)c1ccc(CC(=O)O)s1. The van der Waals surface area contributed by atoms with Gasteiger partial charge in [0.15, 0.2) is 0 Å². The number of hydrogen-bond acceptors (Lipinski definition) is 5. The van der Waals surface area contributed by atoms with Crippen molar-refractivity contribution in [2.24, 2.45) is 0 Å². The van der Waals surface area contributed by atoms with Crippen LogP contribution in [0.4, 0.5) is 0 Å². The average Bonchev–Trinajstić information content (AvgIpc) is 2.99. The zero-order chi connectivity index (χ0) is 15.5. The van der Waals surface area contributed by atoms with Gasteiger partial charge in [-0.3, -0.25) is 4.79 Å². The molecule has 1 aliphatic carbocycles. The summed E-state index contributed by atoms with van der Waals surface area (Å²) in [5.41, 5.74) is 0. The Hall–Kier alpha value is -0.570. The van der Waals surface area contributed by atoms with Gasteiger partial charge >= 0.3 is 5.97 Å². The van der Waals surface area contributed by atoms with Gasteiger partial charge in [-0.25, -0.2) is 13.1 Å². The Balaban J connectivity index is 2.07. The molecule has 21 heavy (non-hydrogen) atoms. The van der Waals surface area contributed by atoms with Gasteiger partial charge in [-0.05, 0) is 30.7 Å². The Morgan fingerprint density at radius 3 is 2.90 bits per heavy atom. The lowest BCUT2D eigenvalue weighted by Gasteiger charge is -2.19. The zero-order valence-electron chi connectivity index (χ0n) is 11.7. The van der Waals surface area contributed by atoms with Crippen LogP contribution in [0.2, 0.25) is 0 Å². The molecule has 2 N–H and O–H groups in total. The van der Waals surface area contributed by atoms with Crippen LogP contribution < -0.4 is 4.72 Å². The third-order valence-electron chi connectivity index (χ3n) is 3.37. The van der Waals surface area contributed by atoms with E-state index >= 15 is 0 Å². The van der Waals surface area contributed by atoms with Crippen molar-refractivity contribution in [1.29, 1.82) is 0 Å². The maximum Gasteiger partial charge on any atom is 0.308 e. The maximum absolute atomic E-state index is 12.4. The monoisotopic (exact) mass is 349 g/mol. The van der Waals surface area contributed by atoms with Gasteiger partial charge in [0, 0.05) is 16.2 Å². The first-order valence-electron chi connectivity index (χ1n) is 6.87. The molecule has 0 aliphatic heterocycles. The highest BCUT2D eigenvalue weighted by Crippen LogP contribution is 2.31. The normalized spacial score (nSPS) is 22.5. The summed E-state index contributed by atoms with van der Waals surface area (Å²) in [6.45, 7) is 2.08. The van der Waals surface area contributed by atoms with E-state index in [1.165, 1.54) is 6.07 Å². The number of carboxylic acids is 1. The van der Waals surface area contributed by atoms with E-state index in [1.807, 2.05) is 0 Å². The summed E-state index contributed by atoms with van der Waals surface area (Å²) >= 11 is 2.82. The molecule has 1 fully saturated rings.